The normalized spacial score (nSPS) is 18.3. The number of carbonyl (C=O) groups excluding carboxylic acids is 1. The number of rotatable bonds is 4. The van der Waals surface area contributed by atoms with E-state index in [4.69, 9.17) is 16.1 Å². The first-order valence-electron chi connectivity index (χ1n) is 10.7. The third-order valence-corrected chi connectivity index (χ3v) is 6.65. The SMILES string of the molecule is Cc1onc2c1c(=O)n(C[C@H]1CC[C@@H](NC(=O)c3ccc(F)c(F)c3)C1)c1cccc(Cl)c21. The average molecular weight is 472 g/mol. The Kier molecular flexibility index (Phi) is 5.40. The highest BCUT2D eigenvalue weighted by Crippen LogP contribution is 2.32. The molecule has 33 heavy (non-hydrogen) atoms. The minimum absolute atomic E-state index is 0.0718. The molecular formula is C24H20ClF2N3O3. The number of halogens is 3. The van der Waals surface area contributed by atoms with Gasteiger partial charge in [-0.1, -0.05) is 22.8 Å². The van der Waals surface area contributed by atoms with Crippen molar-refractivity contribution in [1.82, 2.24) is 15.0 Å². The highest BCUT2D eigenvalue weighted by molar-refractivity contribution is 6.37. The van der Waals surface area contributed by atoms with Crippen LogP contribution in [0.15, 0.2) is 45.7 Å². The molecule has 0 saturated heterocycles. The van der Waals surface area contributed by atoms with Gasteiger partial charge in [0.15, 0.2) is 11.6 Å². The summed E-state index contributed by atoms with van der Waals surface area (Å²) in [6, 6.07) is 8.34. The third kappa shape index (κ3) is 3.78. The minimum atomic E-state index is -1.06. The maximum absolute atomic E-state index is 13.5. The molecule has 9 heteroatoms. The summed E-state index contributed by atoms with van der Waals surface area (Å²) in [5.41, 5.74) is 1.02. The summed E-state index contributed by atoms with van der Waals surface area (Å²) in [6.07, 6.45) is 2.19. The van der Waals surface area contributed by atoms with Crippen molar-refractivity contribution in [3.63, 3.8) is 0 Å². The lowest BCUT2D eigenvalue weighted by atomic mass is 10.1. The van der Waals surface area contributed by atoms with Crippen LogP contribution >= 0.6 is 11.6 Å². The Morgan fingerprint density at radius 2 is 2.03 bits per heavy atom. The van der Waals surface area contributed by atoms with Gasteiger partial charge in [0.1, 0.15) is 16.7 Å². The first-order valence-corrected chi connectivity index (χ1v) is 11.0. The molecule has 4 aromatic rings. The van der Waals surface area contributed by atoms with E-state index < -0.39 is 17.5 Å². The Morgan fingerprint density at radius 1 is 1.21 bits per heavy atom. The number of fused-ring (bicyclic) bond motifs is 3. The van der Waals surface area contributed by atoms with Crippen molar-refractivity contribution in [1.29, 1.82) is 0 Å². The largest absolute Gasteiger partial charge is 0.360 e. The van der Waals surface area contributed by atoms with E-state index in [2.05, 4.69) is 10.5 Å². The summed E-state index contributed by atoms with van der Waals surface area (Å²) in [4.78, 5) is 25.8. The second kappa shape index (κ2) is 8.26. The predicted octanol–water partition coefficient (Wildman–Crippen LogP) is 4.98. The Bertz CT molecular complexity index is 1460. The second-order valence-electron chi connectivity index (χ2n) is 8.49. The lowest BCUT2D eigenvalue weighted by Crippen LogP contribution is -2.33. The number of benzene rings is 2. The van der Waals surface area contributed by atoms with Crippen LogP contribution in [0.4, 0.5) is 8.78 Å². The molecule has 2 aromatic carbocycles. The summed E-state index contributed by atoms with van der Waals surface area (Å²) in [7, 11) is 0. The topological polar surface area (TPSA) is 77.1 Å². The highest BCUT2D eigenvalue weighted by atomic mass is 35.5. The lowest BCUT2D eigenvalue weighted by molar-refractivity contribution is 0.0936. The zero-order valence-corrected chi connectivity index (χ0v) is 18.5. The fraction of sp³-hybridized carbons (Fsp3) is 0.292. The average Bonchev–Trinajstić information content (AvgIpc) is 3.39. The molecule has 1 N–H and O–H groups in total. The lowest BCUT2D eigenvalue weighted by Gasteiger charge is -2.17. The Hall–Kier alpha value is -3.26. The Balaban J connectivity index is 1.39. The molecule has 2 heterocycles. The number of pyridine rings is 1. The Labute approximate surface area is 192 Å². The number of hydrogen-bond donors (Lipinski definition) is 1. The van der Waals surface area contributed by atoms with Gasteiger partial charge in [0, 0.05) is 23.5 Å². The fourth-order valence-corrected chi connectivity index (χ4v) is 4.99. The van der Waals surface area contributed by atoms with Gasteiger partial charge in [0.05, 0.1) is 10.5 Å². The van der Waals surface area contributed by atoms with Gasteiger partial charge in [-0.25, -0.2) is 8.78 Å². The molecular weight excluding hydrogens is 452 g/mol. The molecule has 1 fully saturated rings. The molecule has 5 rings (SSSR count). The summed E-state index contributed by atoms with van der Waals surface area (Å²) >= 11 is 6.45. The van der Waals surface area contributed by atoms with Crippen molar-refractivity contribution >= 4 is 39.3 Å². The van der Waals surface area contributed by atoms with E-state index in [9.17, 15) is 18.4 Å². The van der Waals surface area contributed by atoms with E-state index in [-0.39, 0.29) is 23.1 Å². The van der Waals surface area contributed by atoms with Gasteiger partial charge in [0.2, 0.25) is 0 Å². The standard InChI is InChI=1S/C24H20ClF2N3O3/c1-12-20-22(29-33-12)21-16(25)3-2-4-19(21)30(24(20)32)11-13-5-7-15(9-13)28-23(31)14-6-8-17(26)18(27)10-14/h2-4,6,8,10,13,15H,5,7,9,11H2,1H3,(H,28,31)/t13-,15+/m0/s1. The van der Waals surface area contributed by atoms with Crippen LogP contribution in [0.5, 0.6) is 0 Å². The smallest absolute Gasteiger partial charge is 0.264 e. The maximum Gasteiger partial charge on any atom is 0.264 e. The van der Waals surface area contributed by atoms with Gasteiger partial charge < -0.3 is 14.4 Å². The molecule has 0 spiro atoms. The monoisotopic (exact) mass is 471 g/mol. The highest BCUT2D eigenvalue weighted by Gasteiger charge is 2.28. The molecule has 1 saturated carbocycles. The summed E-state index contributed by atoms with van der Waals surface area (Å²) in [5.74, 6) is -1.93. The van der Waals surface area contributed by atoms with E-state index in [1.54, 1.807) is 23.6 Å². The Morgan fingerprint density at radius 3 is 2.82 bits per heavy atom. The maximum atomic E-state index is 13.5. The van der Waals surface area contributed by atoms with Gasteiger partial charge in [-0.05, 0) is 62.4 Å². The molecule has 1 aliphatic rings. The number of nitrogens with one attached hydrogen (secondary N) is 1. The zero-order valence-electron chi connectivity index (χ0n) is 17.7. The number of aryl methyl sites for hydroxylation is 1. The molecule has 1 amide bonds. The van der Waals surface area contributed by atoms with Crippen LogP contribution in [0.3, 0.4) is 0 Å². The zero-order chi connectivity index (χ0) is 23.3. The molecule has 2 aromatic heterocycles. The molecule has 0 unspecified atom stereocenters. The van der Waals surface area contributed by atoms with Crippen molar-refractivity contribution in [3.8, 4) is 0 Å². The van der Waals surface area contributed by atoms with E-state index in [0.717, 1.165) is 25.0 Å². The van der Waals surface area contributed by atoms with E-state index in [0.29, 0.717) is 45.6 Å². The first-order chi connectivity index (χ1) is 15.8. The summed E-state index contributed by atoms with van der Waals surface area (Å²) in [5, 5.41) is 8.52. The number of amides is 1. The van der Waals surface area contributed by atoms with Crippen LogP contribution in [-0.2, 0) is 6.54 Å². The van der Waals surface area contributed by atoms with Gasteiger partial charge >= 0.3 is 0 Å². The summed E-state index contributed by atoms with van der Waals surface area (Å²) < 4.78 is 33.6. The van der Waals surface area contributed by atoms with E-state index in [1.807, 2.05) is 6.07 Å². The van der Waals surface area contributed by atoms with E-state index in [1.165, 1.54) is 6.07 Å². The third-order valence-electron chi connectivity index (χ3n) is 6.34. The predicted molar refractivity (Wildman–Crippen MR) is 120 cm³/mol. The number of aromatic nitrogens is 2. The van der Waals surface area contributed by atoms with Crippen LogP contribution in [0.2, 0.25) is 5.02 Å². The van der Waals surface area contributed by atoms with Crippen molar-refractivity contribution in [2.24, 2.45) is 5.92 Å². The van der Waals surface area contributed by atoms with Crippen molar-refractivity contribution < 1.29 is 18.1 Å². The van der Waals surface area contributed by atoms with Crippen LogP contribution in [0.25, 0.3) is 21.8 Å². The minimum Gasteiger partial charge on any atom is -0.360 e. The van der Waals surface area contributed by atoms with Crippen molar-refractivity contribution in [2.75, 3.05) is 0 Å². The van der Waals surface area contributed by atoms with Crippen LogP contribution in [-0.4, -0.2) is 21.7 Å². The van der Waals surface area contributed by atoms with E-state index >= 15 is 0 Å². The molecule has 170 valence electrons. The summed E-state index contributed by atoms with van der Waals surface area (Å²) in [6.45, 7) is 2.15. The quantitative estimate of drug-likeness (QED) is 0.455. The molecule has 2 atom stereocenters. The molecule has 0 radical (unpaired) electrons. The molecule has 1 aliphatic carbocycles. The number of nitrogens with zero attached hydrogens (tertiary/aromatic N) is 2. The molecule has 0 aliphatic heterocycles. The fourth-order valence-electron chi connectivity index (χ4n) is 4.73. The van der Waals surface area contributed by atoms with Crippen LogP contribution in [0.1, 0.15) is 35.4 Å². The van der Waals surface area contributed by atoms with Gasteiger partial charge in [-0.3, -0.25) is 9.59 Å². The van der Waals surface area contributed by atoms with Crippen LogP contribution in [0, 0.1) is 24.5 Å². The van der Waals surface area contributed by atoms with Gasteiger partial charge in [0.25, 0.3) is 11.5 Å². The first kappa shape index (κ1) is 21.6. The number of hydrogen-bond acceptors (Lipinski definition) is 4. The van der Waals surface area contributed by atoms with Gasteiger partial charge in [-0.2, -0.15) is 0 Å². The van der Waals surface area contributed by atoms with Crippen molar-refractivity contribution in [3.05, 3.63) is 74.7 Å². The van der Waals surface area contributed by atoms with Gasteiger partial charge in [-0.15, -0.1) is 0 Å². The molecule has 0 bridgehead atoms. The second-order valence-corrected chi connectivity index (χ2v) is 8.90. The molecule has 6 nitrogen and oxygen atoms in total. The number of carbonyl (C=O) groups is 1. The van der Waals surface area contributed by atoms with Crippen LogP contribution < -0.4 is 10.9 Å². The van der Waals surface area contributed by atoms with Crippen molar-refractivity contribution in [2.45, 2.75) is 38.8 Å².